The quantitative estimate of drug-likeness (QED) is 0.790. The lowest BCUT2D eigenvalue weighted by molar-refractivity contribution is 0.0471. The van der Waals surface area contributed by atoms with Crippen LogP contribution in [-0.4, -0.2) is 66.9 Å². The van der Waals surface area contributed by atoms with Gasteiger partial charge in [-0.15, -0.1) is 24.8 Å². The summed E-state index contributed by atoms with van der Waals surface area (Å²) >= 11 is 0. The number of ether oxygens (including phenoxy) is 1. The smallest absolute Gasteiger partial charge is 0.119 e. The monoisotopic (exact) mass is 378 g/mol. The first-order valence-corrected chi connectivity index (χ1v) is 8.44. The average Bonchev–Trinajstić information content (AvgIpc) is 2.54. The summed E-state index contributed by atoms with van der Waals surface area (Å²) in [6.07, 6.45) is -0.432. The van der Waals surface area contributed by atoms with E-state index in [9.17, 15) is 5.11 Å². The summed E-state index contributed by atoms with van der Waals surface area (Å²) in [5.41, 5.74) is 1.31. The third-order valence-corrected chi connectivity index (χ3v) is 4.37. The van der Waals surface area contributed by atoms with Crippen LogP contribution < -0.4 is 4.74 Å². The van der Waals surface area contributed by atoms with Crippen molar-refractivity contribution in [2.75, 3.05) is 45.9 Å². The minimum Gasteiger partial charge on any atom is -0.491 e. The van der Waals surface area contributed by atoms with Gasteiger partial charge in [0.2, 0.25) is 0 Å². The highest BCUT2D eigenvalue weighted by Gasteiger charge is 2.18. The van der Waals surface area contributed by atoms with E-state index in [0.29, 0.717) is 19.1 Å². The van der Waals surface area contributed by atoms with E-state index in [1.54, 1.807) is 0 Å². The molecule has 1 atom stereocenters. The lowest BCUT2D eigenvalue weighted by atomic mass is 10.0. The number of β-amino-alcohol motifs (C(OH)–C–C–N with tert-alkyl or cyclic N) is 1. The maximum absolute atomic E-state index is 10.1. The van der Waals surface area contributed by atoms with Crippen LogP contribution in [-0.2, 0) is 0 Å². The van der Waals surface area contributed by atoms with Crippen LogP contribution in [0.25, 0.3) is 0 Å². The van der Waals surface area contributed by atoms with Crippen molar-refractivity contribution >= 4 is 24.8 Å². The first-order chi connectivity index (χ1) is 10.6. The van der Waals surface area contributed by atoms with Crippen LogP contribution in [0.5, 0.6) is 5.75 Å². The van der Waals surface area contributed by atoms with Crippen molar-refractivity contribution in [1.29, 1.82) is 0 Å². The summed E-state index contributed by atoms with van der Waals surface area (Å²) in [5.74, 6) is 1.36. The normalized spacial score (nSPS) is 17.0. The second-order valence-corrected chi connectivity index (χ2v) is 6.42. The molecule has 140 valence electrons. The molecule has 0 amide bonds. The highest BCUT2D eigenvalue weighted by Crippen LogP contribution is 2.18. The van der Waals surface area contributed by atoms with Crippen LogP contribution in [0.15, 0.2) is 24.3 Å². The molecule has 1 saturated heterocycles. The first kappa shape index (κ1) is 23.5. The Hall–Kier alpha value is -0.520. The standard InChI is InChI=1S/C18H30N2O2.2ClH/c1-4-19-9-11-20(12-10-19)13-17(21)14-22-18-7-5-16(6-8-18)15(2)3;;/h5-8,15,17,21H,4,9-14H2,1-3H3;2*1H. The van der Waals surface area contributed by atoms with Crippen LogP contribution in [0.4, 0.5) is 0 Å². The minimum absolute atomic E-state index is 0. The molecule has 1 fully saturated rings. The van der Waals surface area contributed by atoms with Gasteiger partial charge in [0.1, 0.15) is 18.5 Å². The largest absolute Gasteiger partial charge is 0.491 e. The van der Waals surface area contributed by atoms with Gasteiger partial charge in [-0.2, -0.15) is 0 Å². The molecule has 0 aromatic heterocycles. The Balaban J connectivity index is 0.00000264. The molecule has 0 radical (unpaired) electrons. The summed E-state index contributed by atoms with van der Waals surface area (Å²) in [4.78, 5) is 4.76. The Labute approximate surface area is 159 Å². The highest BCUT2D eigenvalue weighted by molar-refractivity contribution is 5.85. The number of halogens is 2. The van der Waals surface area contributed by atoms with Crippen molar-refractivity contribution in [2.24, 2.45) is 0 Å². The van der Waals surface area contributed by atoms with E-state index in [1.807, 2.05) is 12.1 Å². The van der Waals surface area contributed by atoms with Gasteiger partial charge in [-0.05, 0) is 30.2 Å². The fraction of sp³-hybridized carbons (Fsp3) is 0.667. The molecule has 6 heteroatoms. The van der Waals surface area contributed by atoms with Gasteiger partial charge in [-0.3, -0.25) is 4.90 Å². The van der Waals surface area contributed by atoms with Gasteiger partial charge in [0, 0.05) is 32.7 Å². The maximum Gasteiger partial charge on any atom is 0.119 e. The van der Waals surface area contributed by atoms with Crippen molar-refractivity contribution in [3.63, 3.8) is 0 Å². The van der Waals surface area contributed by atoms with E-state index in [2.05, 4.69) is 42.7 Å². The minimum atomic E-state index is -0.432. The molecule has 1 unspecified atom stereocenters. The number of rotatable bonds is 7. The summed E-state index contributed by atoms with van der Waals surface area (Å²) in [7, 11) is 0. The van der Waals surface area contributed by atoms with Crippen molar-refractivity contribution in [1.82, 2.24) is 9.80 Å². The Morgan fingerprint density at radius 2 is 1.54 bits per heavy atom. The topological polar surface area (TPSA) is 35.9 Å². The van der Waals surface area contributed by atoms with E-state index in [1.165, 1.54) is 5.56 Å². The number of benzene rings is 1. The van der Waals surface area contributed by atoms with E-state index in [4.69, 9.17) is 4.74 Å². The lowest BCUT2D eigenvalue weighted by Gasteiger charge is -2.34. The number of likely N-dealkylation sites (N-methyl/N-ethyl adjacent to an activating group) is 1. The van der Waals surface area contributed by atoms with E-state index >= 15 is 0 Å². The Morgan fingerprint density at radius 1 is 1.00 bits per heavy atom. The molecule has 2 rings (SSSR count). The van der Waals surface area contributed by atoms with Crippen LogP contribution in [0.1, 0.15) is 32.3 Å². The van der Waals surface area contributed by atoms with Gasteiger partial charge in [0.25, 0.3) is 0 Å². The van der Waals surface area contributed by atoms with Gasteiger partial charge in [0.05, 0.1) is 0 Å². The molecule has 4 nitrogen and oxygen atoms in total. The molecule has 1 heterocycles. The van der Waals surface area contributed by atoms with Gasteiger partial charge < -0.3 is 14.7 Å². The second-order valence-electron chi connectivity index (χ2n) is 6.42. The number of hydrogen-bond donors (Lipinski definition) is 1. The Kier molecular flexibility index (Phi) is 11.7. The van der Waals surface area contributed by atoms with Crippen molar-refractivity contribution in [3.05, 3.63) is 29.8 Å². The zero-order chi connectivity index (χ0) is 15.9. The van der Waals surface area contributed by atoms with Crippen LogP contribution in [0.2, 0.25) is 0 Å². The molecule has 1 N–H and O–H groups in total. The first-order valence-electron chi connectivity index (χ1n) is 8.44. The third-order valence-electron chi connectivity index (χ3n) is 4.37. The summed E-state index contributed by atoms with van der Waals surface area (Å²) < 4.78 is 5.70. The number of nitrogens with zero attached hydrogens (tertiary/aromatic N) is 2. The highest BCUT2D eigenvalue weighted by atomic mass is 35.5. The molecule has 1 aromatic carbocycles. The molecule has 0 saturated carbocycles. The van der Waals surface area contributed by atoms with Gasteiger partial charge >= 0.3 is 0 Å². The molecular weight excluding hydrogens is 347 g/mol. The van der Waals surface area contributed by atoms with Crippen LogP contribution in [0.3, 0.4) is 0 Å². The fourth-order valence-corrected chi connectivity index (χ4v) is 2.78. The van der Waals surface area contributed by atoms with E-state index in [0.717, 1.165) is 38.5 Å². The molecule has 0 aliphatic carbocycles. The van der Waals surface area contributed by atoms with Crippen molar-refractivity contribution in [2.45, 2.75) is 32.8 Å². The lowest BCUT2D eigenvalue weighted by Crippen LogP contribution is -2.49. The third kappa shape index (κ3) is 7.58. The molecule has 1 aliphatic rings. The van der Waals surface area contributed by atoms with Gasteiger partial charge in [-0.25, -0.2) is 0 Å². The Morgan fingerprint density at radius 3 is 2.04 bits per heavy atom. The average molecular weight is 379 g/mol. The predicted octanol–water partition coefficient (Wildman–Crippen LogP) is 3.03. The number of aliphatic hydroxyl groups is 1. The molecule has 24 heavy (non-hydrogen) atoms. The summed E-state index contributed by atoms with van der Waals surface area (Å²) in [6, 6.07) is 8.16. The van der Waals surface area contributed by atoms with Crippen LogP contribution in [0, 0.1) is 0 Å². The molecule has 0 bridgehead atoms. The van der Waals surface area contributed by atoms with Gasteiger partial charge in [0.15, 0.2) is 0 Å². The van der Waals surface area contributed by atoms with Crippen LogP contribution >= 0.6 is 24.8 Å². The number of hydrogen-bond acceptors (Lipinski definition) is 4. The molecule has 1 aromatic rings. The second kappa shape index (κ2) is 11.9. The van der Waals surface area contributed by atoms with E-state index < -0.39 is 6.10 Å². The maximum atomic E-state index is 10.1. The zero-order valence-corrected chi connectivity index (χ0v) is 16.6. The zero-order valence-electron chi connectivity index (χ0n) is 15.0. The molecule has 1 aliphatic heterocycles. The van der Waals surface area contributed by atoms with Gasteiger partial charge in [-0.1, -0.05) is 32.9 Å². The number of aliphatic hydroxyl groups excluding tert-OH is 1. The van der Waals surface area contributed by atoms with Crippen molar-refractivity contribution in [3.8, 4) is 5.75 Å². The molecular formula is C18H32Cl2N2O2. The Bertz CT molecular complexity index is 435. The summed E-state index contributed by atoms with van der Waals surface area (Å²) in [6.45, 7) is 13.0. The number of piperazine rings is 1. The summed E-state index contributed by atoms with van der Waals surface area (Å²) in [5, 5.41) is 10.1. The van der Waals surface area contributed by atoms with Crippen molar-refractivity contribution < 1.29 is 9.84 Å². The molecule has 0 spiro atoms. The SMILES string of the molecule is CCN1CCN(CC(O)COc2ccc(C(C)C)cc2)CC1.Cl.Cl. The van der Waals surface area contributed by atoms with E-state index in [-0.39, 0.29) is 24.8 Å². The predicted molar refractivity (Wildman–Crippen MR) is 105 cm³/mol. The fourth-order valence-electron chi connectivity index (χ4n) is 2.78.